The second kappa shape index (κ2) is 7.51. The smallest absolute Gasteiger partial charge is 0.258 e. The molecule has 27 heavy (non-hydrogen) atoms. The third kappa shape index (κ3) is 3.81. The lowest BCUT2D eigenvalue weighted by Gasteiger charge is -2.28. The highest BCUT2D eigenvalue weighted by Gasteiger charge is 2.26. The van der Waals surface area contributed by atoms with E-state index in [0.29, 0.717) is 33.6 Å². The molecule has 6 heteroatoms. The molecule has 0 unspecified atom stereocenters. The highest BCUT2D eigenvalue weighted by Crippen LogP contribution is 2.28. The van der Waals surface area contributed by atoms with E-state index in [4.69, 9.17) is 34.8 Å². The van der Waals surface area contributed by atoms with Crippen molar-refractivity contribution in [1.82, 2.24) is 4.98 Å². The molecular formula is C21H15Cl3N2O. The van der Waals surface area contributed by atoms with Crippen molar-refractivity contribution in [1.29, 1.82) is 0 Å². The van der Waals surface area contributed by atoms with Crippen molar-refractivity contribution >= 4 is 46.4 Å². The van der Waals surface area contributed by atoms with Gasteiger partial charge in [-0.3, -0.25) is 9.78 Å². The highest BCUT2D eigenvalue weighted by molar-refractivity contribution is 6.33. The Labute approximate surface area is 172 Å². The molecule has 4 rings (SSSR count). The van der Waals surface area contributed by atoms with Crippen molar-refractivity contribution in [2.75, 3.05) is 11.4 Å². The molecule has 1 amide bonds. The minimum absolute atomic E-state index is 0.0346. The Morgan fingerprint density at radius 2 is 1.74 bits per heavy atom. The summed E-state index contributed by atoms with van der Waals surface area (Å²) in [7, 11) is 0. The molecule has 0 atom stereocenters. The molecule has 0 N–H and O–H groups in total. The number of pyridine rings is 1. The number of aromatic nitrogens is 1. The fourth-order valence-electron chi connectivity index (χ4n) is 3.32. The van der Waals surface area contributed by atoms with Crippen LogP contribution in [0, 0.1) is 0 Å². The standard InChI is InChI=1S/C21H15Cl3N2O/c22-16-1-3-19-14(9-16)5-6-26(21(19)27)18-8-13(11-25-12-18)7-15-10-17(23)2-4-20(15)24/h1-4,8-12H,5-7H2. The maximum absolute atomic E-state index is 12.9. The summed E-state index contributed by atoms with van der Waals surface area (Å²) in [6.07, 6.45) is 4.84. The van der Waals surface area contributed by atoms with Gasteiger partial charge in [0.15, 0.2) is 0 Å². The SMILES string of the molecule is O=C1c2ccc(Cl)cc2CCN1c1cncc(Cc2cc(Cl)ccc2Cl)c1. The van der Waals surface area contributed by atoms with Crippen LogP contribution in [0.4, 0.5) is 5.69 Å². The number of benzene rings is 2. The average Bonchev–Trinajstić information content (AvgIpc) is 2.65. The summed E-state index contributed by atoms with van der Waals surface area (Å²) in [5, 5.41) is 1.95. The zero-order valence-corrected chi connectivity index (χ0v) is 16.5. The van der Waals surface area contributed by atoms with Crippen molar-refractivity contribution in [3.05, 3.63) is 92.2 Å². The van der Waals surface area contributed by atoms with E-state index in [-0.39, 0.29) is 5.91 Å². The molecule has 0 saturated carbocycles. The molecule has 1 aliphatic rings. The van der Waals surface area contributed by atoms with E-state index in [1.54, 1.807) is 41.6 Å². The van der Waals surface area contributed by atoms with Gasteiger partial charge in [0.2, 0.25) is 0 Å². The van der Waals surface area contributed by atoms with E-state index in [9.17, 15) is 4.79 Å². The van der Waals surface area contributed by atoms with Crippen molar-refractivity contribution in [3.63, 3.8) is 0 Å². The maximum Gasteiger partial charge on any atom is 0.258 e. The van der Waals surface area contributed by atoms with Crippen molar-refractivity contribution in [3.8, 4) is 0 Å². The van der Waals surface area contributed by atoms with E-state index >= 15 is 0 Å². The minimum atomic E-state index is -0.0346. The van der Waals surface area contributed by atoms with Crippen LogP contribution >= 0.6 is 34.8 Å². The third-order valence-corrected chi connectivity index (χ3v) is 5.48. The first kappa shape index (κ1) is 18.3. The van der Waals surface area contributed by atoms with Crippen LogP contribution in [0.3, 0.4) is 0 Å². The van der Waals surface area contributed by atoms with Gasteiger partial charge in [-0.05, 0) is 65.6 Å². The first-order valence-corrected chi connectivity index (χ1v) is 9.63. The zero-order valence-electron chi connectivity index (χ0n) is 14.3. The predicted octanol–water partition coefficient (Wildman–Crippen LogP) is 5.84. The number of hydrogen-bond donors (Lipinski definition) is 0. The van der Waals surface area contributed by atoms with Crippen molar-refractivity contribution in [2.45, 2.75) is 12.8 Å². The second-order valence-corrected chi connectivity index (χ2v) is 7.75. The van der Waals surface area contributed by atoms with Gasteiger partial charge in [0.05, 0.1) is 11.9 Å². The van der Waals surface area contributed by atoms with E-state index in [1.165, 1.54) is 0 Å². The summed E-state index contributed by atoms with van der Waals surface area (Å²) in [5.41, 5.74) is 4.34. The highest BCUT2D eigenvalue weighted by atomic mass is 35.5. The van der Waals surface area contributed by atoms with Gasteiger partial charge in [-0.25, -0.2) is 0 Å². The number of halogens is 3. The first-order chi connectivity index (χ1) is 13.0. The normalized spacial score (nSPS) is 13.6. The molecule has 1 aliphatic heterocycles. The molecular weight excluding hydrogens is 403 g/mol. The Kier molecular flexibility index (Phi) is 5.09. The summed E-state index contributed by atoms with van der Waals surface area (Å²) in [4.78, 5) is 19.0. The molecule has 0 spiro atoms. The summed E-state index contributed by atoms with van der Waals surface area (Å²) in [5.74, 6) is -0.0346. The van der Waals surface area contributed by atoms with Gasteiger partial charge < -0.3 is 4.90 Å². The summed E-state index contributed by atoms with van der Waals surface area (Å²) in [6.45, 7) is 0.592. The van der Waals surface area contributed by atoms with Gasteiger partial charge in [0.1, 0.15) is 0 Å². The number of anilines is 1. The van der Waals surface area contributed by atoms with E-state index in [1.807, 2.05) is 18.2 Å². The summed E-state index contributed by atoms with van der Waals surface area (Å²) >= 11 is 18.4. The Morgan fingerprint density at radius 1 is 0.963 bits per heavy atom. The average molecular weight is 418 g/mol. The van der Waals surface area contributed by atoms with Crippen LogP contribution in [0.25, 0.3) is 0 Å². The molecule has 0 fully saturated rings. The quantitative estimate of drug-likeness (QED) is 0.537. The van der Waals surface area contributed by atoms with Gasteiger partial charge in [0, 0.05) is 39.8 Å². The molecule has 2 heterocycles. The van der Waals surface area contributed by atoms with Crippen molar-refractivity contribution in [2.24, 2.45) is 0 Å². The van der Waals surface area contributed by atoms with Gasteiger partial charge >= 0.3 is 0 Å². The number of hydrogen-bond acceptors (Lipinski definition) is 2. The topological polar surface area (TPSA) is 33.2 Å². The van der Waals surface area contributed by atoms with Crippen LogP contribution in [-0.2, 0) is 12.8 Å². The molecule has 0 radical (unpaired) electrons. The molecule has 0 saturated heterocycles. The van der Waals surface area contributed by atoms with Crippen LogP contribution in [0.1, 0.15) is 27.0 Å². The Hall–Kier alpha value is -2.07. The first-order valence-electron chi connectivity index (χ1n) is 8.49. The van der Waals surface area contributed by atoms with Crippen LogP contribution in [0.2, 0.25) is 15.1 Å². The minimum Gasteiger partial charge on any atom is -0.306 e. The fraction of sp³-hybridized carbons (Fsp3) is 0.143. The second-order valence-electron chi connectivity index (χ2n) is 6.47. The van der Waals surface area contributed by atoms with E-state index in [0.717, 1.165) is 28.8 Å². The molecule has 2 aromatic carbocycles. The lowest BCUT2D eigenvalue weighted by Crippen LogP contribution is -2.37. The Bertz CT molecular complexity index is 1040. The monoisotopic (exact) mass is 416 g/mol. The van der Waals surface area contributed by atoms with Gasteiger partial charge in [-0.1, -0.05) is 34.8 Å². The summed E-state index contributed by atoms with van der Waals surface area (Å²) in [6, 6.07) is 12.8. The zero-order chi connectivity index (χ0) is 19.0. The van der Waals surface area contributed by atoms with Crippen molar-refractivity contribution < 1.29 is 4.79 Å². The van der Waals surface area contributed by atoms with Crippen LogP contribution in [0.5, 0.6) is 0 Å². The Balaban J connectivity index is 1.62. The number of amides is 1. The number of nitrogens with zero attached hydrogens (tertiary/aromatic N) is 2. The lowest BCUT2D eigenvalue weighted by molar-refractivity contribution is 0.0980. The van der Waals surface area contributed by atoms with Gasteiger partial charge in [0.25, 0.3) is 5.91 Å². The van der Waals surface area contributed by atoms with Gasteiger partial charge in [-0.2, -0.15) is 0 Å². The largest absolute Gasteiger partial charge is 0.306 e. The molecule has 3 nitrogen and oxygen atoms in total. The number of rotatable bonds is 3. The van der Waals surface area contributed by atoms with Gasteiger partial charge in [-0.15, -0.1) is 0 Å². The summed E-state index contributed by atoms with van der Waals surface area (Å²) < 4.78 is 0. The number of carbonyl (C=O) groups is 1. The van der Waals surface area contributed by atoms with E-state index < -0.39 is 0 Å². The fourth-order valence-corrected chi connectivity index (χ4v) is 3.89. The molecule has 1 aromatic heterocycles. The third-order valence-electron chi connectivity index (χ3n) is 4.64. The Morgan fingerprint density at radius 3 is 2.59 bits per heavy atom. The van der Waals surface area contributed by atoms with Crippen LogP contribution < -0.4 is 4.90 Å². The lowest BCUT2D eigenvalue weighted by atomic mass is 9.98. The maximum atomic E-state index is 12.9. The van der Waals surface area contributed by atoms with Crippen LogP contribution in [0.15, 0.2) is 54.9 Å². The van der Waals surface area contributed by atoms with Crippen LogP contribution in [-0.4, -0.2) is 17.4 Å². The number of fused-ring (bicyclic) bond motifs is 1. The molecule has 136 valence electrons. The molecule has 0 aliphatic carbocycles. The number of carbonyl (C=O) groups excluding carboxylic acids is 1. The molecule has 3 aromatic rings. The predicted molar refractivity (Wildman–Crippen MR) is 110 cm³/mol. The van der Waals surface area contributed by atoms with E-state index in [2.05, 4.69) is 4.98 Å². The molecule has 0 bridgehead atoms.